The lowest BCUT2D eigenvalue weighted by Gasteiger charge is -2.32. The molecule has 1 unspecified atom stereocenters. The van der Waals surface area contributed by atoms with E-state index in [0.717, 1.165) is 18.7 Å². The van der Waals surface area contributed by atoms with Crippen LogP contribution in [0, 0.1) is 5.82 Å². The van der Waals surface area contributed by atoms with Crippen molar-refractivity contribution in [1.82, 2.24) is 10.2 Å². The van der Waals surface area contributed by atoms with Gasteiger partial charge < -0.3 is 10.2 Å². The molecule has 1 aliphatic heterocycles. The highest BCUT2D eigenvalue weighted by Crippen LogP contribution is 2.18. The highest BCUT2D eigenvalue weighted by atomic mass is 35.5. The topological polar surface area (TPSA) is 15.3 Å². The molecular formula is C14H20ClFN2. The van der Waals surface area contributed by atoms with Crippen molar-refractivity contribution in [2.75, 3.05) is 19.6 Å². The van der Waals surface area contributed by atoms with Gasteiger partial charge in [0.2, 0.25) is 0 Å². The molecule has 0 saturated carbocycles. The zero-order chi connectivity index (χ0) is 13.0. The molecule has 1 atom stereocenters. The van der Waals surface area contributed by atoms with Gasteiger partial charge in [0.15, 0.2) is 0 Å². The Bertz CT molecular complexity index is 397. The van der Waals surface area contributed by atoms with Crippen LogP contribution < -0.4 is 5.32 Å². The Balaban J connectivity index is 1.87. The maximum absolute atomic E-state index is 12.9. The Hall–Kier alpha value is -0.640. The van der Waals surface area contributed by atoms with E-state index in [-0.39, 0.29) is 5.82 Å². The van der Waals surface area contributed by atoms with Crippen molar-refractivity contribution in [3.05, 3.63) is 34.6 Å². The molecule has 1 heterocycles. The number of hydrogen-bond acceptors (Lipinski definition) is 2. The third kappa shape index (κ3) is 3.67. The van der Waals surface area contributed by atoms with Crippen molar-refractivity contribution < 1.29 is 4.39 Å². The summed E-state index contributed by atoms with van der Waals surface area (Å²) in [7, 11) is 0. The second-order valence-corrected chi connectivity index (χ2v) is 5.26. The van der Waals surface area contributed by atoms with E-state index in [1.54, 1.807) is 6.07 Å². The minimum Gasteiger partial charge on any atom is -0.309 e. The lowest BCUT2D eigenvalue weighted by atomic mass is 10.1. The largest absolute Gasteiger partial charge is 0.309 e. The first kappa shape index (κ1) is 13.8. The summed E-state index contributed by atoms with van der Waals surface area (Å²) in [5, 5.41) is 4.02. The standard InChI is InChI=1S/C14H20ClFN2/c1-2-18-7-3-4-13(10-18)17-9-11-5-6-12(16)8-14(11)15/h5-6,8,13,17H,2-4,7,9-10H2,1H3. The van der Waals surface area contributed by atoms with Crippen LogP contribution in [0.1, 0.15) is 25.3 Å². The molecule has 4 heteroatoms. The van der Waals surface area contributed by atoms with E-state index in [4.69, 9.17) is 11.6 Å². The number of likely N-dealkylation sites (tertiary alicyclic amines) is 1. The minimum atomic E-state index is -0.279. The summed E-state index contributed by atoms with van der Waals surface area (Å²) in [6.07, 6.45) is 2.44. The molecule has 1 aliphatic rings. The summed E-state index contributed by atoms with van der Waals surface area (Å²) in [5.74, 6) is -0.279. The number of piperidine rings is 1. The van der Waals surface area contributed by atoms with E-state index in [2.05, 4.69) is 17.1 Å². The first-order chi connectivity index (χ1) is 8.69. The quantitative estimate of drug-likeness (QED) is 0.905. The second kappa shape index (κ2) is 6.50. The lowest BCUT2D eigenvalue weighted by molar-refractivity contribution is 0.198. The van der Waals surface area contributed by atoms with Crippen molar-refractivity contribution in [2.24, 2.45) is 0 Å². The zero-order valence-electron chi connectivity index (χ0n) is 10.8. The Kier molecular flexibility index (Phi) is 4.98. The molecule has 0 amide bonds. The van der Waals surface area contributed by atoms with Crippen LogP contribution in [0.3, 0.4) is 0 Å². The molecule has 1 N–H and O–H groups in total. The number of hydrogen-bond donors (Lipinski definition) is 1. The fraction of sp³-hybridized carbons (Fsp3) is 0.571. The van der Waals surface area contributed by atoms with E-state index >= 15 is 0 Å². The Morgan fingerprint density at radius 3 is 3.06 bits per heavy atom. The van der Waals surface area contributed by atoms with E-state index in [0.29, 0.717) is 17.6 Å². The number of nitrogens with one attached hydrogen (secondary N) is 1. The van der Waals surface area contributed by atoms with Gasteiger partial charge in [-0.15, -0.1) is 0 Å². The van der Waals surface area contributed by atoms with E-state index in [9.17, 15) is 4.39 Å². The van der Waals surface area contributed by atoms with Gasteiger partial charge in [-0.05, 0) is 43.6 Å². The molecule has 2 rings (SSSR count). The van der Waals surface area contributed by atoms with Crippen molar-refractivity contribution in [3.8, 4) is 0 Å². The predicted octanol–water partition coefficient (Wildman–Crippen LogP) is 3.05. The van der Waals surface area contributed by atoms with E-state index < -0.39 is 0 Å². The second-order valence-electron chi connectivity index (χ2n) is 4.85. The van der Waals surface area contributed by atoms with Gasteiger partial charge in [0.25, 0.3) is 0 Å². The van der Waals surface area contributed by atoms with E-state index in [1.165, 1.54) is 31.5 Å². The molecule has 0 bridgehead atoms. The Morgan fingerprint density at radius 2 is 2.33 bits per heavy atom. The lowest BCUT2D eigenvalue weighted by Crippen LogP contribution is -2.45. The molecule has 2 nitrogen and oxygen atoms in total. The molecule has 0 spiro atoms. The summed E-state index contributed by atoms with van der Waals surface area (Å²) in [6.45, 7) is 6.30. The fourth-order valence-corrected chi connectivity index (χ4v) is 2.66. The highest BCUT2D eigenvalue weighted by Gasteiger charge is 2.18. The first-order valence-corrected chi connectivity index (χ1v) is 6.96. The van der Waals surface area contributed by atoms with Crippen molar-refractivity contribution >= 4 is 11.6 Å². The normalized spacial score (nSPS) is 21.2. The summed E-state index contributed by atoms with van der Waals surface area (Å²) < 4.78 is 12.9. The number of likely N-dealkylation sites (N-methyl/N-ethyl adjacent to an activating group) is 1. The third-order valence-electron chi connectivity index (χ3n) is 3.55. The summed E-state index contributed by atoms with van der Waals surface area (Å²) in [5.41, 5.74) is 0.965. The highest BCUT2D eigenvalue weighted by molar-refractivity contribution is 6.31. The minimum absolute atomic E-state index is 0.279. The summed E-state index contributed by atoms with van der Waals surface area (Å²) in [6, 6.07) is 5.10. The van der Waals surface area contributed by atoms with Gasteiger partial charge in [-0.25, -0.2) is 4.39 Å². The van der Waals surface area contributed by atoms with Crippen molar-refractivity contribution in [2.45, 2.75) is 32.4 Å². The molecule has 1 saturated heterocycles. The molecule has 100 valence electrons. The van der Waals surface area contributed by atoms with Crippen LogP contribution in [0.5, 0.6) is 0 Å². The van der Waals surface area contributed by atoms with Crippen LogP contribution in [-0.2, 0) is 6.54 Å². The molecule has 1 aromatic carbocycles. The molecule has 0 aliphatic carbocycles. The average Bonchev–Trinajstić information content (AvgIpc) is 2.38. The number of nitrogens with zero attached hydrogens (tertiary/aromatic N) is 1. The summed E-state index contributed by atoms with van der Waals surface area (Å²) >= 11 is 6.01. The van der Waals surface area contributed by atoms with Gasteiger partial charge in [-0.3, -0.25) is 0 Å². The van der Waals surface area contributed by atoms with Gasteiger partial charge in [0.1, 0.15) is 5.82 Å². The van der Waals surface area contributed by atoms with Gasteiger partial charge in [0.05, 0.1) is 0 Å². The van der Waals surface area contributed by atoms with Gasteiger partial charge in [-0.2, -0.15) is 0 Å². The monoisotopic (exact) mass is 270 g/mol. The molecule has 1 fully saturated rings. The van der Waals surface area contributed by atoms with Crippen LogP contribution in [0.15, 0.2) is 18.2 Å². The molecule has 1 aromatic rings. The van der Waals surface area contributed by atoms with Crippen molar-refractivity contribution in [1.29, 1.82) is 0 Å². The maximum atomic E-state index is 12.9. The van der Waals surface area contributed by atoms with Crippen LogP contribution in [0.4, 0.5) is 4.39 Å². The predicted molar refractivity (Wildman–Crippen MR) is 73.4 cm³/mol. The number of halogens is 2. The summed E-state index contributed by atoms with van der Waals surface area (Å²) in [4.78, 5) is 2.45. The van der Waals surface area contributed by atoms with Crippen LogP contribution in [0.25, 0.3) is 0 Å². The van der Waals surface area contributed by atoms with E-state index in [1.807, 2.05) is 0 Å². The van der Waals surface area contributed by atoms with Gasteiger partial charge in [-0.1, -0.05) is 24.6 Å². The molecule has 0 aromatic heterocycles. The number of benzene rings is 1. The maximum Gasteiger partial charge on any atom is 0.124 e. The smallest absolute Gasteiger partial charge is 0.124 e. The van der Waals surface area contributed by atoms with Gasteiger partial charge >= 0.3 is 0 Å². The Morgan fingerprint density at radius 1 is 1.50 bits per heavy atom. The fourth-order valence-electron chi connectivity index (χ4n) is 2.43. The Labute approximate surface area is 113 Å². The molecule has 18 heavy (non-hydrogen) atoms. The SMILES string of the molecule is CCN1CCCC(NCc2ccc(F)cc2Cl)C1. The van der Waals surface area contributed by atoms with Crippen LogP contribution in [0.2, 0.25) is 5.02 Å². The molecule has 0 radical (unpaired) electrons. The zero-order valence-corrected chi connectivity index (χ0v) is 11.5. The first-order valence-electron chi connectivity index (χ1n) is 6.58. The molecular weight excluding hydrogens is 251 g/mol. The third-order valence-corrected chi connectivity index (χ3v) is 3.90. The van der Waals surface area contributed by atoms with Crippen LogP contribution >= 0.6 is 11.6 Å². The van der Waals surface area contributed by atoms with Gasteiger partial charge in [0, 0.05) is 24.2 Å². The average molecular weight is 271 g/mol. The van der Waals surface area contributed by atoms with Crippen LogP contribution in [-0.4, -0.2) is 30.6 Å². The number of rotatable bonds is 4. The van der Waals surface area contributed by atoms with Crippen molar-refractivity contribution in [3.63, 3.8) is 0 Å².